The van der Waals surface area contributed by atoms with Crippen LogP contribution in [0.1, 0.15) is 5.56 Å². The van der Waals surface area contributed by atoms with Crippen LogP contribution in [-0.4, -0.2) is 48.1 Å². The molecule has 0 saturated carbocycles. The second kappa shape index (κ2) is 11.8. The van der Waals surface area contributed by atoms with Crippen molar-refractivity contribution in [1.29, 1.82) is 0 Å². The molecule has 0 unspecified atom stereocenters. The van der Waals surface area contributed by atoms with Gasteiger partial charge in [-0.15, -0.1) is 0 Å². The van der Waals surface area contributed by atoms with Crippen molar-refractivity contribution >= 4 is 40.6 Å². The molecule has 0 spiro atoms. The number of pyridine rings is 1. The molecule has 10 nitrogen and oxygen atoms in total. The summed E-state index contributed by atoms with van der Waals surface area (Å²) in [5.41, 5.74) is -0.0763. The molecule has 3 rings (SSSR count). The van der Waals surface area contributed by atoms with Gasteiger partial charge in [0, 0.05) is 30.7 Å². The molecule has 0 radical (unpaired) electrons. The number of benzene rings is 1. The zero-order valence-electron chi connectivity index (χ0n) is 19.5. The van der Waals surface area contributed by atoms with E-state index in [9.17, 15) is 18.0 Å². The van der Waals surface area contributed by atoms with Gasteiger partial charge in [-0.05, 0) is 43.5 Å². The highest BCUT2D eigenvalue weighted by molar-refractivity contribution is 5.99. The van der Waals surface area contributed by atoms with Crippen LogP contribution >= 0.6 is 0 Å². The fourth-order valence-corrected chi connectivity index (χ4v) is 2.98. The monoisotopic (exact) mass is 502 g/mol. The minimum atomic E-state index is -4.71. The average molecular weight is 503 g/mol. The summed E-state index contributed by atoms with van der Waals surface area (Å²) in [7, 11) is 3.25. The van der Waals surface area contributed by atoms with E-state index in [1.54, 1.807) is 24.3 Å². The van der Waals surface area contributed by atoms with Crippen LogP contribution in [0.3, 0.4) is 0 Å². The van der Waals surface area contributed by atoms with Crippen molar-refractivity contribution in [1.82, 2.24) is 20.3 Å². The number of rotatable bonds is 11. The quantitative estimate of drug-likeness (QED) is 0.194. The molecule has 0 aliphatic heterocycles. The molecule has 0 bridgehead atoms. The Hall–Kier alpha value is -4.39. The number of hydrogen-bond acceptors (Lipinski definition) is 9. The predicted molar refractivity (Wildman–Crippen MR) is 132 cm³/mol. The summed E-state index contributed by atoms with van der Waals surface area (Å²) in [6, 6.07) is 9.48. The van der Waals surface area contributed by atoms with E-state index >= 15 is 0 Å². The summed E-state index contributed by atoms with van der Waals surface area (Å²) in [6.45, 7) is 4.73. The van der Waals surface area contributed by atoms with E-state index in [1.807, 2.05) is 7.05 Å². The van der Waals surface area contributed by atoms with Crippen LogP contribution in [0.2, 0.25) is 0 Å². The molecule has 3 aromatic rings. The van der Waals surface area contributed by atoms with Gasteiger partial charge in [0.2, 0.25) is 17.7 Å². The summed E-state index contributed by atoms with van der Waals surface area (Å²) >= 11 is 0. The summed E-state index contributed by atoms with van der Waals surface area (Å²) in [5.74, 6) is -0.288. The largest absolute Gasteiger partial charge is 0.479 e. The molecular formula is C23H25F3N8O2. The van der Waals surface area contributed by atoms with E-state index in [0.717, 1.165) is 12.6 Å². The van der Waals surface area contributed by atoms with E-state index in [-0.39, 0.29) is 17.5 Å². The number of alkyl halides is 3. The smallest absolute Gasteiger partial charge is 0.421 e. The number of aromatic nitrogens is 3. The minimum absolute atomic E-state index is 0.113. The molecular weight excluding hydrogens is 477 g/mol. The van der Waals surface area contributed by atoms with Crippen LogP contribution in [0.25, 0.3) is 0 Å². The van der Waals surface area contributed by atoms with Gasteiger partial charge < -0.3 is 31.3 Å². The number of nitrogens with zero attached hydrogens (tertiary/aromatic N) is 3. The van der Waals surface area contributed by atoms with Crippen molar-refractivity contribution in [3.63, 3.8) is 0 Å². The molecule has 2 aromatic heterocycles. The van der Waals surface area contributed by atoms with E-state index in [1.165, 1.54) is 19.2 Å². The number of carbonyl (C=O) groups excluding carboxylic acids is 1. The fourth-order valence-electron chi connectivity index (χ4n) is 2.98. The number of halogens is 3. The van der Waals surface area contributed by atoms with E-state index in [2.05, 4.69) is 48.1 Å². The molecule has 1 aromatic carbocycles. The number of hydrogen-bond donors (Lipinski definition) is 5. The molecule has 1 amide bonds. The number of nitrogens with one attached hydrogen (secondary N) is 5. The van der Waals surface area contributed by atoms with Crippen molar-refractivity contribution in [2.45, 2.75) is 6.18 Å². The van der Waals surface area contributed by atoms with Gasteiger partial charge >= 0.3 is 6.18 Å². The fraction of sp³-hybridized carbons (Fsp3) is 0.217. The Morgan fingerprint density at radius 3 is 2.58 bits per heavy atom. The maximum Gasteiger partial charge on any atom is 0.421 e. The average Bonchev–Trinajstić information content (AvgIpc) is 2.84. The highest BCUT2D eigenvalue weighted by Gasteiger charge is 2.35. The first-order chi connectivity index (χ1) is 17.2. The third kappa shape index (κ3) is 7.06. The summed E-state index contributed by atoms with van der Waals surface area (Å²) in [5, 5.41) is 14.2. The highest BCUT2D eigenvalue weighted by atomic mass is 19.4. The SMILES string of the molecule is C=CC(=O)Nc1cccc(Nc2nc(Nc3ccc(NCCNC)nc3OC)ncc2C(F)(F)F)c1. The van der Waals surface area contributed by atoms with Gasteiger partial charge in [-0.25, -0.2) is 4.98 Å². The van der Waals surface area contributed by atoms with Gasteiger partial charge in [0.15, 0.2) is 0 Å². The Bertz CT molecular complexity index is 1220. The normalized spacial score (nSPS) is 10.9. The van der Waals surface area contributed by atoms with E-state index < -0.39 is 23.5 Å². The first-order valence-electron chi connectivity index (χ1n) is 10.7. The van der Waals surface area contributed by atoms with Crippen LogP contribution in [0.5, 0.6) is 5.88 Å². The number of amides is 1. The number of likely N-dealkylation sites (N-methyl/N-ethyl adjacent to an activating group) is 1. The molecule has 190 valence electrons. The first kappa shape index (κ1) is 26.2. The second-order valence-electron chi connectivity index (χ2n) is 7.26. The third-order valence-corrected chi connectivity index (χ3v) is 4.65. The van der Waals surface area contributed by atoms with Crippen LogP contribution < -0.4 is 31.3 Å². The molecule has 0 fully saturated rings. The maximum absolute atomic E-state index is 13.6. The van der Waals surface area contributed by atoms with Crippen molar-refractivity contribution in [3.05, 3.63) is 60.8 Å². The number of carbonyl (C=O) groups is 1. The van der Waals surface area contributed by atoms with Crippen molar-refractivity contribution in [3.8, 4) is 5.88 Å². The lowest BCUT2D eigenvalue weighted by molar-refractivity contribution is -0.137. The van der Waals surface area contributed by atoms with Crippen molar-refractivity contribution in [2.24, 2.45) is 0 Å². The lowest BCUT2D eigenvalue weighted by atomic mass is 10.2. The molecule has 0 aliphatic carbocycles. The minimum Gasteiger partial charge on any atom is -0.479 e. The van der Waals surface area contributed by atoms with Crippen LogP contribution in [-0.2, 0) is 11.0 Å². The zero-order valence-corrected chi connectivity index (χ0v) is 19.5. The Labute approximate surface area is 205 Å². The van der Waals surface area contributed by atoms with Gasteiger partial charge in [-0.3, -0.25) is 4.79 Å². The van der Waals surface area contributed by atoms with Crippen LogP contribution in [0.4, 0.5) is 47.8 Å². The van der Waals surface area contributed by atoms with Gasteiger partial charge in [0.1, 0.15) is 22.9 Å². The summed E-state index contributed by atoms with van der Waals surface area (Å²) in [4.78, 5) is 23.7. The highest BCUT2D eigenvalue weighted by Crippen LogP contribution is 2.36. The van der Waals surface area contributed by atoms with Crippen molar-refractivity contribution in [2.75, 3.05) is 48.5 Å². The Morgan fingerprint density at radius 2 is 1.89 bits per heavy atom. The maximum atomic E-state index is 13.6. The van der Waals surface area contributed by atoms with Gasteiger partial charge in [0.25, 0.3) is 0 Å². The first-order valence-corrected chi connectivity index (χ1v) is 10.7. The zero-order chi connectivity index (χ0) is 26.1. The lowest BCUT2D eigenvalue weighted by Crippen LogP contribution is -2.18. The molecule has 0 atom stereocenters. The van der Waals surface area contributed by atoms with Gasteiger partial charge in [-0.1, -0.05) is 12.6 Å². The molecule has 5 N–H and O–H groups in total. The molecule has 0 saturated heterocycles. The molecule has 0 aliphatic rings. The summed E-state index contributed by atoms with van der Waals surface area (Å²) in [6.07, 6.45) is -2.96. The Kier molecular flexibility index (Phi) is 8.62. The van der Waals surface area contributed by atoms with Gasteiger partial charge in [-0.2, -0.15) is 23.1 Å². The topological polar surface area (TPSA) is 125 Å². The lowest BCUT2D eigenvalue weighted by Gasteiger charge is -2.16. The Morgan fingerprint density at radius 1 is 1.11 bits per heavy atom. The number of methoxy groups -OCH3 is 1. The van der Waals surface area contributed by atoms with Crippen LogP contribution in [0.15, 0.2) is 55.3 Å². The molecule has 2 heterocycles. The molecule has 13 heteroatoms. The Balaban J connectivity index is 1.88. The van der Waals surface area contributed by atoms with Crippen LogP contribution in [0, 0.1) is 0 Å². The number of ether oxygens (including phenoxy) is 1. The standard InChI is InChI=1S/C23H25F3N8O2/c1-4-19(35)30-14-6-5-7-15(12-14)31-20-16(23(24,25)26)13-29-22(34-20)32-17-8-9-18(28-11-10-27-2)33-21(17)36-3/h4-9,12-13,27H,1,10-11H2,2-3H3,(H,28,33)(H,30,35)(H2,29,31,32,34). The van der Waals surface area contributed by atoms with Gasteiger partial charge in [0.05, 0.1) is 7.11 Å². The predicted octanol–water partition coefficient (Wildman–Crippen LogP) is 4.14. The summed E-state index contributed by atoms with van der Waals surface area (Å²) < 4.78 is 46.2. The number of anilines is 6. The van der Waals surface area contributed by atoms with E-state index in [0.29, 0.717) is 29.9 Å². The van der Waals surface area contributed by atoms with E-state index in [4.69, 9.17) is 4.74 Å². The van der Waals surface area contributed by atoms with Crippen molar-refractivity contribution < 1.29 is 22.7 Å². The second-order valence-corrected chi connectivity index (χ2v) is 7.26. The molecule has 36 heavy (non-hydrogen) atoms. The third-order valence-electron chi connectivity index (χ3n) is 4.65.